The van der Waals surface area contributed by atoms with Gasteiger partial charge in [0.25, 0.3) is 0 Å². The normalized spacial score (nSPS) is 11.5. The van der Waals surface area contributed by atoms with Crippen molar-refractivity contribution in [3.05, 3.63) is 176 Å². The van der Waals surface area contributed by atoms with Gasteiger partial charge in [-0.05, 0) is 98.4 Å². The van der Waals surface area contributed by atoms with Gasteiger partial charge in [-0.15, -0.1) is 11.3 Å². The van der Waals surface area contributed by atoms with Crippen LogP contribution in [0, 0.1) is 0 Å². The molecule has 1 nitrogen and oxygen atoms in total. The Morgan fingerprint density at radius 1 is 0.348 bits per heavy atom. The van der Waals surface area contributed by atoms with Crippen molar-refractivity contribution in [3.8, 4) is 22.3 Å². The van der Waals surface area contributed by atoms with Gasteiger partial charge in [-0.1, -0.05) is 121 Å². The molecule has 216 valence electrons. The third-order valence-electron chi connectivity index (χ3n) is 9.02. The Labute approximate surface area is 272 Å². The molecule has 0 atom stereocenters. The van der Waals surface area contributed by atoms with E-state index >= 15 is 0 Å². The number of fused-ring (bicyclic) bond motifs is 5. The van der Waals surface area contributed by atoms with Crippen LogP contribution >= 0.6 is 11.3 Å². The zero-order valence-electron chi connectivity index (χ0n) is 25.1. The van der Waals surface area contributed by atoms with Crippen molar-refractivity contribution in [3.63, 3.8) is 0 Å². The monoisotopic (exact) mass is 603 g/mol. The zero-order chi connectivity index (χ0) is 30.5. The predicted octanol–water partition coefficient (Wildman–Crippen LogP) is 13.2. The van der Waals surface area contributed by atoms with E-state index in [0.29, 0.717) is 0 Å². The molecule has 1 heterocycles. The number of anilines is 3. The maximum Gasteiger partial charge on any atom is 0.0468 e. The van der Waals surface area contributed by atoms with Gasteiger partial charge in [0.15, 0.2) is 0 Å². The van der Waals surface area contributed by atoms with E-state index in [1.807, 2.05) is 11.3 Å². The molecular weight excluding hydrogens is 575 g/mol. The molecule has 0 unspecified atom stereocenters. The average molecular weight is 604 g/mol. The van der Waals surface area contributed by atoms with Gasteiger partial charge >= 0.3 is 0 Å². The summed E-state index contributed by atoms with van der Waals surface area (Å²) >= 11 is 1.87. The summed E-state index contributed by atoms with van der Waals surface area (Å²) < 4.78 is 2.60. The number of nitrogens with zero attached hydrogens (tertiary/aromatic N) is 1. The summed E-state index contributed by atoms with van der Waals surface area (Å²) in [6, 6.07) is 64.0. The van der Waals surface area contributed by atoms with Crippen molar-refractivity contribution < 1.29 is 0 Å². The molecule has 9 aromatic rings. The van der Waals surface area contributed by atoms with E-state index in [2.05, 4.69) is 181 Å². The number of benzene rings is 8. The van der Waals surface area contributed by atoms with E-state index in [-0.39, 0.29) is 0 Å². The molecule has 0 bridgehead atoms. The third-order valence-corrected chi connectivity index (χ3v) is 10.2. The van der Waals surface area contributed by atoms with Gasteiger partial charge in [0, 0.05) is 37.2 Å². The van der Waals surface area contributed by atoms with Crippen LogP contribution in [0.3, 0.4) is 0 Å². The first-order chi connectivity index (χ1) is 22.8. The number of hydrogen-bond acceptors (Lipinski definition) is 2. The van der Waals surface area contributed by atoms with E-state index in [9.17, 15) is 0 Å². The lowest BCUT2D eigenvalue weighted by Crippen LogP contribution is -2.09. The number of hydrogen-bond donors (Lipinski definition) is 0. The largest absolute Gasteiger partial charge is 0.310 e. The molecule has 0 aliphatic carbocycles. The van der Waals surface area contributed by atoms with E-state index in [1.165, 1.54) is 64.0 Å². The fraction of sp³-hybridized carbons (Fsp3) is 0. The van der Waals surface area contributed by atoms with Crippen LogP contribution in [0.4, 0.5) is 17.1 Å². The van der Waals surface area contributed by atoms with Gasteiger partial charge in [0.2, 0.25) is 0 Å². The molecule has 2 heteroatoms. The minimum atomic E-state index is 1.13. The Hall–Kier alpha value is -5.70. The van der Waals surface area contributed by atoms with Gasteiger partial charge in [0.1, 0.15) is 0 Å². The first kappa shape index (κ1) is 26.7. The second-order valence-corrected chi connectivity index (χ2v) is 12.9. The Balaban J connectivity index is 1.23. The van der Waals surface area contributed by atoms with Crippen molar-refractivity contribution in [2.75, 3.05) is 4.90 Å². The first-order valence-electron chi connectivity index (χ1n) is 15.7. The molecule has 46 heavy (non-hydrogen) atoms. The Bertz CT molecular complexity index is 2540. The highest BCUT2D eigenvalue weighted by atomic mass is 32.1. The van der Waals surface area contributed by atoms with Gasteiger partial charge in [-0.2, -0.15) is 0 Å². The average Bonchev–Trinajstić information content (AvgIpc) is 3.50. The van der Waals surface area contributed by atoms with Crippen LogP contribution < -0.4 is 4.90 Å². The molecule has 0 saturated carbocycles. The van der Waals surface area contributed by atoms with Crippen molar-refractivity contribution >= 4 is 70.1 Å². The van der Waals surface area contributed by atoms with Crippen LogP contribution in [0.2, 0.25) is 0 Å². The summed E-state index contributed by atoms with van der Waals surface area (Å²) in [5, 5.41) is 7.66. The SMILES string of the molecule is c1ccc(N(c2cccc(-c3ccc4ccccc4c3)c2)c2ccc3sc4cccc(-c5cccc6ccccc56)c4c3c2)cc1. The molecule has 1 aromatic heterocycles. The van der Waals surface area contributed by atoms with Crippen molar-refractivity contribution in [2.45, 2.75) is 0 Å². The smallest absolute Gasteiger partial charge is 0.0468 e. The molecule has 0 N–H and O–H groups in total. The maximum absolute atomic E-state index is 2.39. The highest BCUT2D eigenvalue weighted by molar-refractivity contribution is 7.26. The standard InChI is InChI=1S/C44H29NS/c1-2-16-35(17-3-1)45(36-18-8-15-33(28-36)34-24-23-30-11-4-5-13-32(30)27-34)37-25-26-42-41(29-37)44-40(21-10-22-43(44)46-42)39-20-9-14-31-12-6-7-19-38(31)39/h1-29H. The highest BCUT2D eigenvalue weighted by Crippen LogP contribution is 2.45. The summed E-state index contributed by atoms with van der Waals surface area (Å²) in [5.74, 6) is 0. The minimum absolute atomic E-state index is 1.13. The van der Waals surface area contributed by atoms with Crippen LogP contribution in [0.5, 0.6) is 0 Å². The number of rotatable bonds is 5. The van der Waals surface area contributed by atoms with Crippen molar-refractivity contribution in [1.29, 1.82) is 0 Å². The molecule has 0 saturated heterocycles. The van der Waals surface area contributed by atoms with Crippen LogP contribution in [0.15, 0.2) is 176 Å². The fourth-order valence-electron chi connectivity index (χ4n) is 6.86. The molecule has 8 aromatic carbocycles. The number of para-hydroxylation sites is 1. The predicted molar refractivity (Wildman–Crippen MR) is 200 cm³/mol. The molecule has 0 aliphatic rings. The zero-order valence-corrected chi connectivity index (χ0v) is 25.9. The van der Waals surface area contributed by atoms with Gasteiger partial charge in [-0.25, -0.2) is 0 Å². The Kier molecular flexibility index (Phi) is 6.40. The van der Waals surface area contributed by atoms with E-state index < -0.39 is 0 Å². The van der Waals surface area contributed by atoms with E-state index in [1.54, 1.807) is 0 Å². The van der Waals surface area contributed by atoms with Gasteiger partial charge in [-0.3, -0.25) is 0 Å². The summed E-state index contributed by atoms with van der Waals surface area (Å²) in [4.78, 5) is 2.38. The second-order valence-electron chi connectivity index (χ2n) is 11.8. The second kappa shape index (κ2) is 11.0. The lowest BCUT2D eigenvalue weighted by molar-refractivity contribution is 1.29. The molecule has 0 radical (unpaired) electrons. The van der Waals surface area contributed by atoms with Gasteiger partial charge in [0.05, 0.1) is 0 Å². The Morgan fingerprint density at radius 2 is 1.02 bits per heavy atom. The summed E-state index contributed by atoms with van der Waals surface area (Å²) in [7, 11) is 0. The molecular formula is C44H29NS. The molecule has 0 fully saturated rings. The van der Waals surface area contributed by atoms with E-state index in [4.69, 9.17) is 0 Å². The fourth-order valence-corrected chi connectivity index (χ4v) is 7.97. The summed E-state index contributed by atoms with van der Waals surface area (Å²) in [5.41, 5.74) is 8.37. The maximum atomic E-state index is 2.39. The topological polar surface area (TPSA) is 3.24 Å². The van der Waals surface area contributed by atoms with Gasteiger partial charge < -0.3 is 4.90 Å². The first-order valence-corrected chi connectivity index (χ1v) is 16.5. The minimum Gasteiger partial charge on any atom is -0.310 e. The van der Waals surface area contributed by atoms with Crippen LogP contribution in [0.1, 0.15) is 0 Å². The summed E-state index contributed by atoms with van der Waals surface area (Å²) in [6.45, 7) is 0. The van der Waals surface area contributed by atoms with Crippen molar-refractivity contribution in [1.82, 2.24) is 0 Å². The number of thiophene rings is 1. The molecule has 9 rings (SSSR count). The lowest BCUT2D eigenvalue weighted by Gasteiger charge is -2.26. The molecule has 0 spiro atoms. The summed E-state index contributed by atoms with van der Waals surface area (Å²) in [6.07, 6.45) is 0. The lowest BCUT2D eigenvalue weighted by atomic mass is 9.94. The third kappa shape index (κ3) is 4.54. The molecule has 0 amide bonds. The van der Waals surface area contributed by atoms with E-state index in [0.717, 1.165) is 17.1 Å². The molecule has 0 aliphatic heterocycles. The van der Waals surface area contributed by atoms with Crippen LogP contribution in [-0.2, 0) is 0 Å². The van der Waals surface area contributed by atoms with Crippen molar-refractivity contribution in [2.24, 2.45) is 0 Å². The van der Waals surface area contributed by atoms with Crippen LogP contribution in [0.25, 0.3) is 64.0 Å². The van der Waals surface area contributed by atoms with Crippen LogP contribution in [-0.4, -0.2) is 0 Å². The Morgan fingerprint density at radius 3 is 1.93 bits per heavy atom. The quantitative estimate of drug-likeness (QED) is 0.189. The highest BCUT2D eigenvalue weighted by Gasteiger charge is 2.18.